The Labute approximate surface area is 133 Å². The number of carbonyl (C=O) groups is 1. The Balaban J connectivity index is 1.93. The van der Waals surface area contributed by atoms with Gasteiger partial charge in [-0.25, -0.2) is 4.98 Å². The maximum absolute atomic E-state index is 11.1. The lowest BCUT2D eigenvalue weighted by atomic mass is 10.2. The first-order chi connectivity index (χ1) is 10.1. The molecule has 0 radical (unpaired) electrons. The maximum atomic E-state index is 11.1. The Morgan fingerprint density at radius 2 is 2.10 bits per heavy atom. The van der Waals surface area contributed by atoms with Crippen LogP contribution < -0.4 is 4.90 Å². The number of thiazole rings is 1. The van der Waals surface area contributed by atoms with Crippen molar-refractivity contribution in [3.05, 3.63) is 45.9 Å². The van der Waals surface area contributed by atoms with Gasteiger partial charge in [-0.2, -0.15) is 0 Å². The zero-order valence-electron chi connectivity index (χ0n) is 12.0. The molecule has 2 aromatic rings. The smallest absolute Gasteiger partial charge is 0.305 e. The monoisotopic (exact) mass is 324 g/mol. The van der Waals surface area contributed by atoms with E-state index in [1.807, 2.05) is 36.7 Å². The Kier molecular flexibility index (Phi) is 5.59. The van der Waals surface area contributed by atoms with Crippen molar-refractivity contribution in [2.45, 2.75) is 19.4 Å². The Hall–Kier alpha value is -1.59. The molecule has 0 unspecified atom stereocenters. The van der Waals surface area contributed by atoms with Gasteiger partial charge >= 0.3 is 5.97 Å². The average Bonchev–Trinajstić information content (AvgIpc) is 2.96. The number of aryl methyl sites for hydroxylation is 1. The van der Waals surface area contributed by atoms with Crippen LogP contribution >= 0.6 is 22.9 Å². The standard InChI is InChI=1S/C15H17ClN2O2S/c1-18(9-11-3-5-12(16)6-4-11)15-17-13(10-21-15)7-8-14(19)20-2/h3-6,10H,7-9H2,1-2H3. The van der Waals surface area contributed by atoms with E-state index in [-0.39, 0.29) is 5.97 Å². The largest absolute Gasteiger partial charge is 0.469 e. The lowest BCUT2D eigenvalue weighted by molar-refractivity contribution is -0.140. The molecule has 0 atom stereocenters. The molecule has 0 saturated carbocycles. The van der Waals surface area contributed by atoms with E-state index in [9.17, 15) is 4.79 Å². The van der Waals surface area contributed by atoms with Gasteiger partial charge in [0.1, 0.15) is 0 Å². The van der Waals surface area contributed by atoms with Crippen LogP contribution in [0, 0.1) is 0 Å². The van der Waals surface area contributed by atoms with Crippen LogP contribution in [0.1, 0.15) is 17.7 Å². The van der Waals surface area contributed by atoms with Crippen molar-refractivity contribution in [1.29, 1.82) is 0 Å². The summed E-state index contributed by atoms with van der Waals surface area (Å²) < 4.78 is 4.63. The molecule has 1 aromatic carbocycles. The zero-order chi connectivity index (χ0) is 15.2. The van der Waals surface area contributed by atoms with E-state index in [1.165, 1.54) is 12.7 Å². The number of esters is 1. The molecule has 4 nitrogen and oxygen atoms in total. The maximum Gasteiger partial charge on any atom is 0.305 e. The predicted molar refractivity (Wildman–Crippen MR) is 86.0 cm³/mol. The van der Waals surface area contributed by atoms with E-state index in [1.54, 1.807) is 11.3 Å². The van der Waals surface area contributed by atoms with Crippen LogP contribution in [0.25, 0.3) is 0 Å². The normalized spacial score (nSPS) is 10.4. The van der Waals surface area contributed by atoms with Gasteiger partial charge in [0.25, 0.3) is 0 Å². The fourth-order valence-electron chi connectivity index (χ4n) is 1.85. The third kappa shape index (κ3) is 4.72. The lowest BCUT2D eigenvalue weighted by Gasteiger charge is -2.15. The summed E-state index contributed by atoms with van der Waals surface area (Å²) in [5.74, 6) is -0.209. The van der Waals surface area contributed by atoms with Gasteiger partial charge in [0, 0.05) is 30.4 Å². The SMILES string of the molecule is COC(=O)CCc1csc(N(C)Cc2ccc(Cl)cc2)n1. The van der Waals surface area contributed by atoms with Gasteiger partial charge in [-0.3, -0.25) is 4.79 Å². The first-order valence-corrected chi connectivity index (χ1v) is 7.81. The van der Waals surface area contributed by atoms with E-state index in [0.717, 1.165) is 22.4 Å². The molecule has 112 valence electrons. The van der Waals surface area contributed by atoms with Crippen molar-refractivity contribution in [3.8, 4) is 0 Å². The number of anilines is 1. The quantitative estimate of drug-likeness (QED) is 0.762. The summed E-state index contributed by atoms with van der Waals surface area (Å²) in [6, 6.07) is 7.78. The summed E-state index contributed by atoms with van der Waals surface area (Å²) in [6.45, 7) is 0.765. The third-order valence-electron chi connectivity index (χ3n) is 3.01. The predicted octanol–water partition coefficient (Wildman–Crippen LogP) is 3.54. The molecule has 0 saturated heterocycles. The fourth-order valence-corrected chi connectivity index (χ4v) is 2.80. The van der Waals surface area contributed by atoms with Gasteiger partial charge in [0.05, 0.1) is 19.2 Å². The highest BCUT2D eigenvalue weighted by Crippen LogP contribution is 2.22. The number of aromatic nitrogens is 1. The molecule has 6 heteroatoms. The molecule has 0 aliphatic rings. The van der Waals surface area contributed by atoms with Crippen molar-refractivity contribution in [2.75, 3.05) is 19.1 Å². The van der Waals surface area contributed by atoms with E-state index in [4.69, 9.17) is 11.6 Å². The highest BCUT2D eigenvalue weighted by Gasteiger charge is 2.09. The van der Waals surface area contributed by atoms with E-state index in [2.05, 4.69) is 14.6 Å². The molecule has 0 amide bonds. The van der Waals surface area contributed by atoms with Gasteiger partial charge in [0.2, 0.25) is 0 Å². The molecular weight excluding hydrogens is 308 g/mol. The van der Waals surface area contributed by atoms with Crippen molar-refractivity contribution in [3.63, 3.8) is 0 Å². The van der Waals surface area contributed by atoms with E-state index >= 15 is 0 Å². The number of ether oxygens (including phenoxy) is 1. The number of nitrogens with zero attached hydrogens (tertiary/aromatic N) is 2. The van der Waals surface area contributed by atoms with Crippen LogP contribution in [0.2, 0.25) is 5.02 Å². The number of hydrogen-bond donors (Lipinski definition) is 0. The van der Waals surface area contributed by atoms with Crippen molar-refractivity contribution < 1.29 is 9.53 Å². The van der Waals surface area contributed by atoms with Gasteiger partial charge in [-0.1, -0.05) is 23.7 Å². The molecule has 0 aliphatic carbocycles. The molecule has 1 aromatic heterocycles. The summed E-state index contributed by atoms with van der Waals surface area (Å²) in [5.41, 5.74) is 2.09. The summed E-state index contributed by atoms with van der Waals surface area (Å²) >= 11 is 7.46. The Bertz CT molecular complexity index is 598. The van der Waals surface area contributed by atoms with Crippen molar-refractivity contribution >= 4 is 34.0 Å². The molecule has 2 rings (SSSR count). The number of carbonyl (C=O) groups excluding carboxylic acids is 1. The second kappa shape index (κ2) is 7.43. The summed E-state index contributed by atoms with van der Waals surface area (Å²) in [4.78, 5) is 17.7. The summed E-state index contributed by atoms with van der Waals surface area (Å²) in [6.07, 6.45) is 0.971. The third-order valence-corrected chi connectivity index (χ3v) is 4.27. The molecular formula is C15H17ClN2O2S. The molecule has 21 heavy (non-hydrogen) atoms. The fraction of sp³-hybridized carbons (Fsp3) is 0.333. The van der Waals surface area contributed by atoms with Crippen molar-refractivity contribution in [1.82, 2.24) is 4.98 Å². The van der Waals surface area contributed by atoms with Crippen LogP contribution in [0.4, 0.5) is 5.13 Å². The topological polar surface area (TPSA) is 42.4 Å². The molecule has 0 fully saturated rings. The van der Waals surface area contributed by atoms with Crippen LogP contribution in [-0.4, -0.2) is 25.1 Å². The van der Waals surface area contributed by atoms with E-state index in [0.29, 0.717) is 12.8 Å². The average molecular weight is 325 g/mol. The minimum Gasteiger partial charge on any atom is -0.469 e. The minimum atomic E-state index is -0.209. The van der Waals surface area contributed by atoms with Crippen LogP contribution in [0.3, 0.4) is 0 Å². The highest BCUT2D eigenvalue weighted by molar-refractivity contribution is 7.13. The van der Waals surface area contributed by atoms with E-state index < -0.39 is 0 Å². The van der Waals surface area contributed by atoms with Gasteiger partial charge in [-0.05, 0) is 17.7 Å². The van der Waals surface area contributed by atoms with Gasteiger partial charge in [0.15, 0.2) is 5.13 Å². The Morgan fingerprint density at radius 3 is 2.76 bits per heavy atom. The first-order valence-electron chi connectivity index (χ1n) is 6.55. The zero-order valence-corrected chi connectivity index (χ0v) is 13.6. The van der Waals surface area contributed by atoms with Crippen LogP contribution in [0.15, 0.2) is 29.6 Å². The van der Waals surface area contributed by atoms with Gasteiger partial charge in [-0.15, -0.1) is 11.3 Å². The summed E-state index contributed by atoms with van der Waals surface area (Å²) in [5, 5.41) is 3.65. The molecule has 0 spiro atoms. The molecule has 0 bridgehead atoms. The number of benzene rings is 1. The second-order valence-electron chi connectivity index (χ2n) is 4.68. The lowest BCUT2D eigenvalue weighted by Crippen LogP contribution is -2.16. The number of methoxy groups -OCH3 is 1. The first kappa shape index (κ1) is 15.8. The van der Waals surface area contributed by atoms with Gasteiger partial charge < -0.3 is 9.64 Å². The Morgan fingerprint density at radius 1 is 1.38 bits per heavy atom. The summed E-state index contributed by atoms with van der Waals surface area (Å²) in [7, 11) is 3.40. The highest BCUT2D eigenvalue weighted by atomic mass is 35.5. The molecule has 0 aliphatic heterocycles. The number of hydrogen-bond acceptors (Lipinski definition) is 5. The molecule has 1 heterocycles. The second-order valence-corrected chi connectivity index (χ2v) is 5.95. The number of rotatable bonds is 6. The van der Waals surface area contributed by atoms with Crippen LogP contribution in [0.5, 0.6) is 0 Å². The minimum absolute atomic E-state index is 0.209. The van der Waals surface area contributed by atoms with Crippen LogP contribution in [-0.2, 0) is 22.5 Å². The molecule has 0 N–H and O–H groups in total. The van der Waals surface area contributed by atoms with Crippen molar-refractivity contribution in [2.24, 2.45) is 0 Å². The number of halogens is 1.